The summed E-state index contributed by atoms with van der Waals surface area (Å²) in [6.07, 6.45) is 1.98. The highest BCUT2D eigenvalue weighted by molar-refractivity contribution is 7.85. The second kappa shape index (κ2) is 6.53. The molecular formula is C10H21NO2S. The maximum atomic E-state index is 11.9. The fourth-order valence-electron chi connectivity index (χ4n) is 1.82. The monoisotopic (exact) mass is 219 g/mol. The van der Waals surface area contributed by atoms with Crippen molar-refractivity contribution in [2.24, 2.45) is 0 Å². The molecule has 0 aromatic rings. The maximum Gasteiger partial charge on any atom is 0.0735 e. The van der Waals surface area contributed by atoms with Gasteiger partial charge in [0.15, 0.2) is 0 Å². The quantitative estimate of drug-likeness (QED) is 0.747. The average molecular weight is 219 g/mol. The van der Waals surface area contributed by atoms with Crippen molar-refractivity contribution in [3.63, 3.8) is 0 Å². The zero-order valence-corrected chi connectivity index (χ0v) is 9.94. The van der Waals surface area contributed by atoms with Crippen LogP contribution in [-0.4, -0.2) is 41.0 Å². The van der Waals surface area contributed by atoms with E-state index in [4.69, 9.17) is 4.74 Å². The van der Waals surface area contributed by atoms with Gasteiger partial charge in [0.05, 0.1) is 11.9 Å². The van der Waals surface area contributed by atoms with E-state index in [2.05, 4.69) is 19.2 Å². The molecule has 0 amide bonds. The number of nitrogens with one attached hydrogen (secondary N) is 1. The summed E-state index contributed by atoms with van der Waals surface area (Å²) >= 11 is 0. The van der Waals surface area contributed by atoms with Crippen molar-refractivity contribution >= 4 is 10.8 Å². The highest BCUT2D eigenvalue weighted by Gasteiger charge is 2.29. The van der Waals surface area contributed by atoms with E-state index in [1.54, 1.807) is 0 Å². The predicted molar refractivity (Wildman–Crippen MR) is 60.0 cm³/mol. The van der Waals surface area contributed by atoms with E-state index >= 15 is 0 Å². The van der Waals surface area contributed by atoms with Gasteiger partial charge < -0.3 is 10.1 Å². The van der Waals surface area contributed by atoms with Crippen molar-refractivity contribution in [3.8, 4) is 0 Å². The minimum atomic E-state index is -0.726. The van der Waals surface area contributed by atoms with Gasteiger partial charge in [0.1, 0.15) is 0 Å². The van der Waals surface area contributed by atoms with E-state index < -0.39 is 10.8 Å². The van der Waals surface area contributed by atoms with Gasteiger partial charge in [-0.2, -0.15) is 0 Å². The maximum absolute atomic E-state index is 11.9. The predicted octanol–water partition coefficient (Wildman–Crippen LogP) is 0.912. The molecule has 14 heavy (non-hydrogen) atoms. The molecule has 1 saturated heterocycles. The van der Waals surface area contributed by atoms with E-state index in [-0.39, 0.29) is 5.25 Å². The van der Waals surface area contributed by atoms with Gasteiger partial charge >= 0.3 is 0 Å². The van der Waals surface area contributed by atoms with Crippen LogP contribution in [0.4, 0.5) is 0 Å². The summed E-state index contributed by atoms with van der Waals surface area (Å²) in [5.74, 6) is 0.802. The number of hydrogen-bond donors (Lipinski definition) is 1. The molecule has 3 unspecified atom stereocenters. The lowest BCUT2D eigenvalue weighted by Crippen LogP contribution is -2.49. The first-order valence-corrected chi connectivity index (χ1v) is 6.86. The van der Waals surface area contributed by atoms with E-state index in [0.717, 1.165) is 31.7 Å². The Labute approximate surface area is 89.1 Å². The van der Waals surface area contributed by atoms with Gasteiger partial charge in [-0.1, -0.05) is 13.8 Å². The van der Waals surface area contributed by atoms with Crippen molar-refractivity contribution in [1.82, 2.24) is 5.32 Å². The molecular weight excluding hydrogens is 198 g/mol. The molecule has 0 aromatic heterocycles. The number of ether oxygens (including phenoxy) is 1. The van der Waals surface area contributed by atoms with Crippen molar-refractivity contribution in [1.29, 1.82) is 0 Å². The van der Waals surface area contributed by atoms with Crippen molar-refractivity contribution in [2.75, 3.05) is 25.5 Å². The lowest BCUT2D eigenvalue weighted by atomic mass is 10.1. The summed E-state index contributed by atoms with van der Waals surface area (Å²) in [4.78, 5) is 0. The van der Waals surface area contributed by atoms with Crippen LogP contribution in [-0.2, 0) is 15.5 Å². The summed E-state index contributed by atoms with van der Waals surface area (Å²) in [6.45, 7) is 6.57. The average Bonchev–Trinajstić information content (AvgIpc) is 2.19. The molecule has 0 spiro atoms. The molecule has 0 bridgehead atoms. The summed E-state index contributed by atoms with van der Waals surface area (Å²) in [7, 11) is -0.726. The first-order valence-electron chi connectivity index (χ1n) is 5.47. The van der Waals surface area contributed by atoms with E-state index in [9.17, 15) is 4.21 Å². The van der Waals surface area contributed by atoms with Crippen LogP contribution in [0.25, 0.3) is 0 Å². The van der Waals surface area contributed by atoms with Crippen molar-refractivity contribution in [2.45, 2.75) is 38.0 Å². The highest BCUT2D eigenvalue weighted by Crippen LogP contribution is 2.14. The molecule has 0 saturated carbocycles. The van der Waals surface area contributed by atoms with Crippen LogP contribution in [0.5, 0.6) is 0 Å². The van der Waals surface area contributed by atoms with Gasteiger partial charge in [-0.05, 0) is 19.4 Å². The second-order valence-electron chi connectivity index (χ2n) is 3.65. The molecule has 1 heterocycles. The largest absolute Gasteiger partial charge is 0.380 e. The molecule has 1 fully saturated rings. The molecule has 1 aliphatic rings. The minimum absolute atomic E-state index is 0.198. The summed E-state index contributed by atoms with van der Waals surface area (Å²) in [6, 6.07) is 0.390. The third kappa shape index (κ3) is 3.33. The topological polar surface area (TPSA) is 38.3 Å². The zero-order valence-electron chi connectivity index (χ0n) is 9.12. The first-order chi connectivity index (χ1) is 6.79. The fourth-order valence-corrected chi connectivity index (χ4v) is 3.37. The van der Waals surface area contributed by atoms with Crippen molar-refractivity contribution in [3.05, 3.63) is 0 Å². The third-order valence-corrected chi connectivity index (χ3v) is 4.46. The van der Waals surface area contributed by atoms with Gasteiger partial charge in [-0.25, -0.2) is 0 Å². The summed E-state index contributed by atoms with van der Waals surface area (Å²) in [5.41, 5.74) is 0. The molecule has 4 heteroatoms. The Morgan fingerprint density at radius 3 is 2.93 bits per heavy atom. The molecule has 3 nitrogen and oxygen atoms in total. The van der Waals surface area contributed by atoms with Crippen LogP contribution >= 0.6 is 0 Å². The first kappa shape index (κ1) is 12.1. The molecule has 1 rings (SSSR count). The lowest BCUT2D eigenvalue weighted by Gasteiger charge is -2.31. The summed E-state index contributed by atoms with van der Waals surface area (Å²) in [5, 5.41) is 3.60. The van der Waals surface area contributed by atoms with Crippen LogP contribution in [0.1, 0.15) is 26.7 Å². The fraction of sp³-hybridized carbons (Fsp3) is 1.00. The van der Waals surface area contributed by atoms with Crippen LogP contribution in [0.3, 0.4) is 0 Å². The van der Waals surface area contributed by atoms with E-state index in [0.29, 0.717) is 12.6 Å². The molecule has 1 aliphatic heterocycles. The second-order valence-corrected chi connectivity index (χ2v) is 5.43. The molecule has 0 aromatic carbocycles. The molecule has 0 radical (unpaired) electrons. The Morgan fingerprint density at radius 2 is 2.29 bits per heavy atom. The van der Waals surface area contributed by atoms with Crippen molar-refractivity contribution < 1.29 is 8.95 Å². The lowest BCUT2D eigenvalue weighted by molar-refractivity contribution is 0.0824. The Balaban J connectivity index is 2.48. The van der Waals surface area contributed by atoms with Crippen LogP contribution in [0, 0.1) is 0 Å². The van der Waals surface area contributed by atoms with Gasteiger partial charge in [-0.15, -0.1) is 0 Å². The van der Waals surface area contributed by atoms with Gasteiger partial charge in [-0.3, -0.25) is 4.21 Å². The normalized spacial score (nSPS) is 30.1. The third-order valence-electron chi connectivity index (χ3n) is 2.51. The van der Waals surface area contributed by atoms with Gasteiger partial charge in [0, 0.05) is 29.2 Å². The van der Waals surface area contributed by atoms with Crippen LogP contribution in [0.15, 0.2) is 0 Å². The number of rotatable bonds is 5. The highest BCUT2D eigenvalue weighted by atomic mass is 32.2. The standard InChI is InChI=1S/C10H21NO2S/c1-3-7-14(12)10-8-13-6-5-9(10)11-4-2/h9-11H,3-8H2,1-2H3. The Bertz CT molecular complexity index is 185. The SMILES string of the molecule is CCCS(=O)C1COCCC1NCC. The smallest absolute Gasteiger partial charge is 0.0735 e. The van der Waals surface area contributed by atoms with Gasteiger partial charge in [0.25, 0.3) is 0 Å². The Morgan fingerprint density at radius 1 is 1.50 bits per heavy atom. The molecule has 1 N–H and O–H groups in total. The Kier molecular flexibility index (Phi) is 5.67. The minimum Gasteiger partial charge on any atom is -0.380 e. The Hall–Kier alpha value is 0.0700. The molecule has 0 aliphatic carbocycles. The molecule has 84 valence electrons. The zero-order chi connectivity index (χ0) is 10.4. The number of hydrogen-bond acceptors (Lipinski definition) is 3. The van der Waals surface area contributed by atoms with Gasteiger partial charge in [0.2, 0.25) is 0 Å². The summed E-state index contributed by atoms with van der Waals surface area (Å²) < 4.78 is 17.3. The van der Waals surface area contributed by atoms with E-state index in [1.165, 1.54) is 0 Å². The van der Waals surface area contributed by atoms with E-state index in [1.807, 2.05) is 0 Å². The van der Waals surface area contributed by atoms with Crippen LogP contribution < -0.4 is 5.32 Å². The molecule has 3 atom stereocenters. The van der Waals surface area contributed by atoms with Crippen LogP contribution in [0.2, 0.25) is 0 Å².